The molecule has 0 aliphatic carbocycles. The molecule has 0 aromatic rings. The third-order valence-electron chi connectivity index (χ3n) is 2.93. The van der Waals surface area contributed by atoms with Crippen molar-refractivity contribution in [3.05, 3.63) is 0 Å². The van der Waals surface area contributed by atoms with Gasteiger partial charge in [0.25, 0.3) is 0 Å². The molecule has 0 bridgehead atoms. The Morgan fingerprint density at radius 1 is 0.850 bits per heavy atom. The van der Waals surface area contributed by atoms with E-state index in [2.05, 4.69) is 11.7 Å². The van der Waals surface area contributed by atoms with E-state index in [4.69, 9.17) is 14.7 Å². The fourth-order valence-electron chi connectivity index (χ4n) is 1.79. The van der Waals surface area contributed by atoms with E-state index in [1.807, 2.05) is 0 Å². The molecule has 0 unspecified atom stereocenters. The number of unbranched alkanes of at least 4 members (excludes halogenated alkanes) is 8. The molecule has 0 aliphatic rings. The van der Waals surface area contributed by atoms with Crippen LogP contribution in [0.15, 0.2) is 0 Å². The highest BCUT2D eigenvalue weighted by atomic mass is 31.2. The molecular weight excluding hydrogens is 283 g/mol. The van der Waals surface area contributed by atoms with E-state index in [-0.39, 0.29) is 6.42 Å². The van der Waals surface area contributed by atoms with Gasteiger partial charge in [0.2, 0.25) is 0 Å². The van der Waals surface area contributed by atoms with E-state index in [1.165, 1.54) is 32.1 Å². The van der Waals surface area contributed by atoms with Crippen molar-refractivity contribution in [2.75, 3.05) is 0 Å². The van der Waals surface area contributed by atoms with Crippen LogP contribution in [0.5, 0.6) is 0 Å². The third-order valence-corrected chi connectivity index (χ3v) is 3.51. The van der Waals surface area contributed by atoms with E-state index in [1.54, 1.807) is 0 Å². The van der Waals surface area contributed by atoms with E-state index >= 15 is 0 Å². The minimum atomic E-state index is -4.71. The fourth-order valence-corrected chi connectivity index (χ4v) is 2.01. The first kappa shape index (κ1) is 19.4. The first-order valence-electron chi connectivity index (χ1n) is 7.20. The van der Waals surface area contributed by atoms with Crippen LogP contribution in [-0.4, -0.2) is 26.4 Å². The van der Waals surface area contributed by atoms with Gasteiger partial charge in [-0.05, 0) is 6.42 Å². The van der Waals surface area contributed by atoms with E-state index in [0.29, 0.717) is 6.42 Å². The summed E-state index contributed by atoms with van der Waals surface area (Å²) in [5.74, 6) is -0.834. The number of hydrogen-bond acceptors (Lipinski definition) is 6. The molecule has 0 aromatic carbocycles. The third kappa shape index (κ3) is 11.3. The lowest BCUT2D eigenvalue weighted by molar-refractivity contribution is -0.136. The summed E-state index contributed by atoms with van der Waals surface area (Å²) in [4.78, 5) is 47.6. The molecular formula is C13H26O6P+. The smallest absolute Gasteiger partial charge is 0.356 e. The van der Waals surface area contributed by atoms with Crippen LogP contribution in [0.25, 0.3) is 0 Å². The van der Waals surface area contributed by atoms with Crippen molar-refractivity contribution in [1.29, 1.82) is 0 Å². The molecule has 0 saturated carbocycles. The van der Waals surface area contributed by atoms with Crippen molar-refractivity contribution in [1.82, 2.24) is 0 Å². The molecule has 0 amide bonds. The minimum Gasteiger partial charge on any atom is -0.356 e. The molecule has 20 heavy (non-hydrogen) atoms. The SMILES string of the molecule is CCCCCCCCCCCC(=O)OC(=O)[P+](O)(O)O. The Morgan fingerprint density at radius 2 is 1.30 bits per heavy atom. The van der Waals surface area contributed by atoms with Crippen molar-refractivity contribution < 1.29 is 29.0 Å². The standard InChI is InChI=1S/C13H26O6P/c1-2-3-4-5-6-7-8-9-10-11-12(14)19-13(15)20(16,17)18/h16-18H,2-11H2,1H3/q+1. The predicted molar refractivity (Wildman–Crippen MR) is 76.9 cm³/mol. The Hall–Kier alpha value is -0.550. The Balaban J connectivity index is 3.43. The monoisotopic (exact) mass is 309 g/mol. The summed E-state index contributed by atoms with van der Waals surface area (Å²) in [6.45, 7) is 2.18. The van der Waals surface area contributed by atoms with E-state index < -0.39 is 19.6 Å². The summed E-state index contributed by atoms with van der Waals surface area (Å²) < 4.78 is 4.11. The summed E-state index contributed by atoms with van der Waals surface area (Å²) in [5.41, 5.74) is -1.65. The maximum atomic E-state index is 11.1. The molecule has 7 heteroatoms. The van der Waals surface area contributed by atoms with Crippen molar-refractivity contribution in [3.63, 3.8) is 0 Å². The first-order chi connectivity index (χ1) is 9.38. The molecule has 118 valence electrons. The van der Waals surface area contributed by atoms with Gasteiger partial charge >= 0.3 is 19.6 Å². The van der Waals surface area contributed by atoms with E-state index in [9.17, 15) is 9.59 Å². The normalized spacial score (nSPS) is 11.4. The number of rotatable bonds is 11. The van der Waals surface area contributed by atoms with Crippen molar-refractivity contribution in [2.24, 2.45) is 0 Å². The molecule has 0 heterocycles. The topological polar surface area (TPSA) is 104 Å². The zero-order chi connectivity index (χ0) is 15.4. The molecule has 0 fully saturated rings. The molecule has 0 spiro atoms. The number of hydrogen-bond donors (Lipinski definition) is 3. The number of carbonyl (C=O) groups excluding carboxylic acids is 2. The van der Waals surface area contributed by atoms with Gasteiger partial charge in [-0.15, -0.1) is 0 Å². The molecule has 0 aliphatic heterocycles. The molecule has 0 saturated heterocycles. The zero-order valence-corrected chi connectivity index (χ0v) is 13.0. The molecule has 0 rings (SSSR count). The number of esters is 1. The molecule has 0 aromatic heterocycles. The van der Waals surface area contributed by atoms with Crippen molar-refractivity contribution >= 4 is 19.6 Å². The summed E-state index contributed by atoms with van der Waals surface area (Å²) in [6.07, 6.45) is 9.92. The zero-order valence-electron chi connectivity index (χ0n) is 12.1. The van der Waals surface area contributed by atoms with Crippen LogP contribution in [0.2, 0.25) is 0 Å². The average Bonchev–Trinajstić information content (AvgIpc) is 2.35. The Labute approximate surface area is 120 Å². The van der Waals surface area contributed by atoms with Gasteiger partial charge in [0.1, 0.15) is 0 Å². The Bertz CT molecular complexity index is 287. The van der Waals surface area contributed by atoms with Crippen LogP contribution >= 0.6 is 7.94 Å². The lowest BCUT2D eigenvalue weighted by atomic mass is 10.1. The number of carbonyl (C=O) groups is 2. The van der Waals surface area contributed by atoms with Gasteiger partial charge in [-0.2, -0.15) is 19.5 Å². The highest BCUT2D eigenvalue weighted by Crippen LogP contribution is 2.46. The average molecular weight is 309 g/mol. The first-order valence-corrected chi connectivity index (χ1v) is 8.85. The van der Waals surface area contributed by atoms with Gasteiger partial charge in [0.15, 0.2) is 0 Å². The van der Waals surface area contributed by atoms with Gasteiger partial charge < -0.3 is 4.74 Å². The second kappa shape index (κ2) is 11.1. The highest BCUT2D eigenvalue weighted by Gasteiger charge is 2.47. The summed E-state index contributed by atoms with van der Waals surface area (Å²) in [7, 11) is -4.71. The predicted octanol–water partition coefficient (Wildman–Crippen LogP) is 3.31. The molecule has 0 radical (unpaired) electrons. The van der Waals surface area contributed by atoms with Crippen molar-refractivity contribution in [2.45, 2.75) is 71.1 Å². The summed E-state index contributed by atoms with van der Waals surface area (Å²) in [6, 6.07) is 0. The van der Waals surface area contributed by atoms with Crippen LogP contribution in [0, 0.1) is 0 Å². The van der Waals surface area contributed by atoms with Gasteiger partial charge in [-0.25, -0.2) is 0 Å². The minimum absolute atomic E-state index is 0.0432. The fraction of sp³-hybridized carbons (Fsp3) is 0.846. The lowest BCUT2D eigenvalue weighted by Gasteiger charge is -2.03. The Kier molecular flexibility index (Phi) is 10.8. The second-order valence-corrected chi connectivity index (χ2v) is 6.39. The van der Waals surface area contributed by atoms with Gasteiger partial charge in [-0.1, -0.05) is 58.3 Å². The summed E-state index contributed by atoms with van der Waals surface area (Å²) >= 11 is 0. The maximum Gasteiger partial charge on any atom is 0.552 e. The quantitative estimate of drug-likeness (QED) is 0.234. The van der Waals surface area contributed by atoms with Crippen LogP contribution in [0.1, 0.15) is 71.1 Å². The molecule has 3 N–H and O–H groups in total. The largest absolute Gasteiger partial charge is 0.552 e. The van der Waals surface area contributed by atoms with Crippen LogP contribution in [0.3, 0.4) is 0 Å². The summed E-state index contributed by atoms with van der Waals surface area (Å²) in [5, 5.41) is 0. The van der Waals surface area contributed by atoms with Crippen molar-refractivity contribution in [3.8, 4) is 0 Å². The Morgan fingerprint density at radius 3 is 1.75 bits per heavy atom. The van der Waals surface area contributed by atoms with Gasteiger partial charge in [-0.3, -0.25) is 4.79 Å². The second-order valence-electron chi connectivity index (χ2n) is 4.89. The highest BCUT2D eigenvalue weighted by molar-refractivity contribution is 7.75. The lowest BCUT2D eigenvalue weighted by Crippen LogP contribution is -2.13. The van der Waals surface area contributed by atoms with Crippen LogP contribution < -0.4 is 0 Å². The van der Waals surface area contributed by atoms with Crippen LogP contribution in [-0.2, 0) is 9.53 Å². The molecule has 0 atom stereocenters. The maximum absolute atomic E-state index is 11.1. The van der Waals surface area contributed by atoms with Gasteiger partial charge in [0, 0.05) is 6.42 Å². The van der Waals surface area contributed by atoms with Crippen LogP contribution in [0.4, 0.5) is 4.79 Å². The van der Waals surface area contributed by atoms with Gasteiger partial charge in [0.05, 0.1) is 0 Å². The van der Waals surface area contributed by atoms with E-state index in [0.717, 1.165) is 19.3 Å². The molecule has 6 nitrogen and oxygen atoms in total. The number of ether oxygens (including phenoxy) is 1.